The fourth-order valence-corrected chi connectivity index (χ4v) is 4.79. The van der Waals surface area contributed by atoms with Crippen molar-refractivity contribution < 1.29 is 4.74 Å². The van der Waals surface area contributed by atoms with Crippen molar-refractivity contribution in [2.24, 2.45) is 0 Å². The van der Waals surface area contributed by atoms with Crippen LogP contribution < -0.4 is 4.90 Å². The van der Waals surface area contributed by atoms with Crippen molar-refractivity contribution in [3.63, 3.8) is 0 Å². The molecule has 0 aliphatic carbocycles. The zero-order valence-corrected chi connectivity index (χ0v) is 16.5. The largest absolute Gasteiger partial charge is 0.381 e. The molecule has 0 aromatic carbocycles. The molecule has 2 aromatic heterocycles. The average molecular weight is 374 g/mol. The lowest BCUT2D eigenvalue weighted by atomic mass is 9.96. The summed E-state index contributed by atoms with van der Waals surface area (Å²) < 4.78 is 5.48. The zero-order chi connectivity index (χ0) is 17.9. The first-order valence-electron chi connectivity index (χ1n) is 9.49. The Morgan fingerprint density at radius 3 is 2.58 bits per heavy atom. The molecule has 2 fully saturated rings. The van der Waals surface area contributed by atoms with Gasteiger partial charge in [0.1, 0.15) is 12.1 Å². The number of thiazole rings is 1. The molecule has 0 atom stereocenters. The summed E-state index contributed by atoms with van der Waals surface area (Å²) in [6.07, 6.45) is 3.87. The van der Waals surface area contributed by atoms with Crippen molar-refractivity contribution in [3.8, 4) is 0 Å². The molecule has 4 rings (SSSR count). The fraction of sp³-hybridized carbons (Fsp3) is 0.632. The molecule has 2 aliphatic heterocycles. The van der Waals surface area contributed by atoms with E-state index in [2.05, 4.69) is 44.7 Å². The van der Waals surface area contributed by atoms with Gasteiger partial charge in [-0.1, -0.05) is 0 Å². The molecular formula is C19H27N5OS. The van der Waals surface area contributed by atoms with Gasteiger partial charge in [-0.25, -0.2) is 15.0 Å². The van der Waals surface area contributed by atoms with Gasteiger partial charge in [0.15, 0.2) is 0 Å². The maximum atomic E-state index is 5.48. The normalized spacial score (nSPS) is 19.8. The lowest BCUT2D eigenvalue weighted by Crippen LogP contribution is -2.46. The van der Waals surface area contributed by atoms with Crippen LogP contribution in [0.5, 0.6) is 0 Å². The van der Waals surface area contributed by atoms with Gasteiger partial charge in [0.25, 0.3) is 0 Å². The maximum absolute atomic E-state index is 5.48. The van der Waals surface area contributed by atoms with E-state index < -0.39 is 0 Å². The van der Waals surface area contributed by atoms with Crippen LogP contribution in [-0.2, 0) is 11.3 Å². The molecule has 0 amide bonds. The number of hydrogen-bond acceptors (Lipinski definition) is 7. The van der Waals surface area contributed by atoms with Gasteiger partial charge in [-0.15, -0.1) is 11.3 Å². The van der Waals surface area contributed by atoms with Crippen LogP contribution in [-0.4, -0.2) is 59.2 Å². The Balaban J connectivity index is 1.36. The quantitative estimate of drug-likeness (QED) is 0.821. The Morgan fingerprint density at radius 2 is 1.88 bits per heavy atom. The van der Waals surface area contributed by atoms with Crippen LogP contribution in [0, 0.1) is 13.8 Å². The van der Waals surface area contributed by atoms with Crippen LogP contribution in [0.25, 0.3) is 0 Å². The van der Waals surface area contributed by atoms with E-state index in [1.807, 2.05) is 11.3 Å². The summed E-state index contributed by atoms with van der Waals surface area (Å²) in [4.78, 5) is 19.9. The van der Waals surface area contributed by atoms with E-state index in [4.69, 9.17) is 4.74 Å². The number of rotatable bonds is 4. The summed E-state index contributed by atoms with van der Waals surface area (Å²) in [6, 6.07) is 2.20. The molecule has 2 saturated heterocycles. The molecule has 0 radical (unpaired) electrons. The second-order valence-corrected chi connectivity index (χ2v) is 8.48. The van der Waals surface area contributed by atoms with Gasteiger partial charge >= 0.3 is 0 Å². The second kappa shape index (κ2) is 7.98. The summed E-state index contributed by atoms with van der Waals surface area (Å²) in [6.45, 7) is 11.1. The van der Waals surface area contributed by atoms with Crippen molar-refractivity contribution in [1.82, 2.24) is 19.9 Å². The standard InChI is InChI=1S/C19H27N5OS/c1-14-18(26-15(2)22-14)12-23-5-7-24(8-6-23)19-11-17(20-13-21-19)16-3-9-25-10-4-16/h11,13,16H,3-10,12H2,1-2H3. The number of nitrogens with zero attached hydrogens (tertiary/aromatic N) is 5. The van der Waals surface area contributed by atoms with Gasteiger partial charge in [-0.05, 0) is 26.7 Å². The molecule has 2 aromatic rings. The molecule has 0 spiro atoms. The highest BCUT2D eigenvalue weighted by Crippen LogP contribution is 2.27. The van der Waals surface area contributed by atoms with Crippen LogP contribution in [0.4, 0.5) is 5.82 Å². The van der Waals surface area contributed by atoms with Gasteiger partial charge < -0.3 is 9.64 Å². The van der Waals surface area contributed by atoms with Crippen LogP contribution >= 0.6 is 11.3 Å². The topological polar surface area (TPSA) is 54.4 Å². The highest BCUT2D eigenvalue weighted by atomic mass is 32.1. The Labute approximate surface area is 159 Å². The van der Waals surface area contributed by atoms with Gasteiger partial charge in [0.05, 0.1) is 10.7 Å². The summed E-state index contributed by atoms with van der Waals surface area (Å²) in [5.74, 6) is 1.59. The molecule has 26 heavy (non-hydrogen) atoms. The first-order valence-corrected chi connectivity index (χ1v) is 10.3. The van der Waals surface area contributed by atoms with E-state index in [-0.39, 0.29) is 0 Å². The minimum Gasteiger partial charge on any atom is -0.381 e. The Morgan fingerprint density at radius 1 is 1.12 bits per heavy atom. The van der Waals surface area contributed by atoms with E-state index in [1.54, 1.807) is 6.33 Å². The van der Waals surface area contributed by atoms with Crippen molar-refractivity contribution in [1.29, 1.82) is 0 Å². The molecular weight excluding hydrogens is 346 g/mol. The molecule has 0 saturated carbocycles. The lowest BCUT2D eigenvalue weighted by Gasteiger charge is -2.35. The monoisotopic (exact) mass is 373 g/mol. The molecule has 7 heteroatoms. The van der Waals surface area contributed by atoms with Crippen LogP contribution in [0.2, 0.25) is 0 Å². The minimum absolute atomic E-state index is 0.518. The van der Waals surface area contributed by atoms with Crippen molar-refractivity contribution in [2.45, 2.75) is 39.2 Å². The van der Waals surface area contributed by atoms with Crippen LogP contribution in [0.15, 0.2) is 12.4 Å². The van der Waals surface area contributed by atoms with Gasteiger partial charge in [-0.2, -0.15) is 0 Å². The zero-order valence-electron chi connectivity index (χ0n) is 15.6. The van der Waals surface area contributed by atoms with Crippen molar-refractivity contribution in [2.75, 3.05) is 44.3 Å². The molecule has 0 N–H and O–H groups in total. The molecule has 0 unspecified atom stereocenters. The Bertz CT molecular complexity index is 735. The summed E-state index contributed by atoms with van der Waals surface area (Å²) in [5.41, 5.74) is 2.36. The highest BCUT2D eigenvalue weighted by molar-refractivity contribution is 7.11. The lowest BCUT2D eigenvalue weighted by molar-refractivity contribution is 0.0845. The maximum Gasteiger partial charge on any atom is 0.132 e. The second-order valence-electron chi connectivity index (χ2n) is 7.19. The van der Waals surface area contributed by atoms with Gasteiger partial charge in [0, 0.05) is 68.5 Å². The van der Waals surface area contributed by atoms with Crippen molar-refractivity contribution >= 4 is 17.2 Å². The SMILES string of the molecule is Cc1nc(C)c(CN2CCN(c3cc(C4CCOCC4)ncn3)CC2)s1. The van der Waals surface area contributed by atoms with Gasteiger partial charge in [0.2, 0.25) is 0 Å². The molecule has 6 nitrogen and oxygen atoms in total. The molecule has 0 bridgehead atoms. The highest BCUT2D eigenvalue weighted by Gasteiger charge is 2.22. The third kappa shape index (κ3) is 4.05. The number of ether oxygens (including phenoxy) is 1. The van der Waals surface area contributed by atoms with E-state index in [0.717, 1.165) is 69.6 Å². The Hall–Kier alpha value is -1.57. The van der Waals surface area contributed by atoms with Crippen LogP contribution in [0.1, 0.15) is 40.0 Å². The average Bonchev–Trinajstić information content (AvgIpc) is 3.00. The third-order valence-corrected chi connectivity index (χ3v) is 6.43. The minimum atomic E-state index is 0.518. The number of aryl methyl sites for hydroxylation is 2. The predicted octanol–water partition coefficient (Wildman–Crippen LogP) is 2.77. The van der Waals surface area contributed by atoms with E-state index in [9.17, 15) is 0 Å². The van der Waals surface area contributed by atoms with Crippen molar-refractivity contribution in [3.05, 3.63) is 33.7 Å². The molecule has 2 aliphatic rings. The predicted molar refractivity (Wildman–Crippen MR) is 104 cm³/mol. The first-order chi connectivity index (χ1) is 12.7. The third-order valence-electron chi connectivity index (χ3n) is 5.38. The van der Waals surface area contributed by atoms with Crippen LogP contribution in [0.3, 0.4) is 0 Å². The Kier molecular flexibility index (Phi) is 5.47. The van der Waals surface area contributed by atoms with E-state index in [1.165, 1.54) is 16.3 Å². The molecule has 4 heterocycles. The fourth-order valence-electron chi connectivity index (χ4n) is 3.81. The number of hydrogen-bond donors (Lipinski definition) is 0. The smallest absolute Gasteiger partial charge is 0.132 e. The summed E-state index contributed by atoms with van der Waals surface area (Å²) in [5, 5.41) is 1.16. The number of piperazine rings is 1. The number of anilines is 1. The number of aromatic nitrogens is 3. The molecule has 140 valence electrons. The van der Waals surface area contributed by atoms with E-state index in [0.29, 0.717) is 5.92 Å². The summed E-state index contributed by atoms with van der Waals surface area (Å²) >= 11 is 1.83. The first kappa shape index (κ1) is 17.8. The van der Waals surface area contributed by atoms with Gasteiger partial charge in [-0.3, -0.25) is 4.90 Å². The summed E-state index contributed by atoms with van der Waals surface area (Å²) in [7, 11) is 0. The van der Waals surface area contributed by atoms with E-state index >= 15 is 0 Å².